The van der Waals surface area contributed by atoms with Gasteiger partial charge < -0.3 is 9.64 Å². The Bertz CT molecular complexity index is 2420. The first kappa shape index (κ1) is 30.5. The molecule has 1 aliphatic heterocycles. The van der Waals surface area contributed by atoms with Gasteiger partial charge in [0.15, 0.2) is 8.07 Å². The van der Waals surface area contributed by atoms with E-state index < -0.39 is 8.07 Å². The fourth-order valence-electron chi connectivity index (χ4n) is 7.55. The van der Waals surface area contributed by atoms with Gasteiger partial charge in [0.1, 0.15) is 0 Å². The lowest BCUT2D eigenvalue weighted by molar-refractivity contribution is 0.446. The summed E-state index contributed by atoms with van der Waals surface area (Å²) in [6.07, 6.45) is 0. The van der Waals surface area contributed by atoms with E-state index in [1.165, 1.54) is 26.4 Å². The summed E-state index contributed by atoms with van der Waals surface area (Å²) < 4.78 is 6.39. The molecule has 5 heteroatoms. The first-order valence-corrected chi connectivity index (χ1v) is 19.2. The molecule has 0 aliphatic carbocycles. The monoisotopic (exact) mass is 671 g/mol. The number of para-hydroxylation sites is 2. The van der Waals surface area contributed by atoms with Gasteiger partial charge >= 0.3 is 0 Å². The maximum absolute atomic E-state index is 6.39. The molecule has 0 atom stereocenters. The maximum atomic E-state index is 6.39. The van der Waals surface area contributed by atoms with Crippen LogP contribution in [0.3, 0.4) is 0 Å². The van der Waals surface area contributed by atoms with Gasteiger partial charge in [-0.25, -0.2) is 9.97 Å². The highest BCUT2D eigenvalue weighted by molar-refractivity contribution is 7.22. The van der Waals surface area contributed by atoms with Crippen molar-refractivity contribution in [2.24, 2.45) is 0 Å². The maximum Gasteiger partial charge on any atom is 0.221 e. The number of ether oxygens (including phenoxy) is 1. The predicted molar refractivity (Wildman–Crippen MR) is 211 cm³/mol. The lowest BCUT2D eigenvalue weighted by atomic mass is 10.1. The second kappa shape index (κ2) is 13.0. The molecule has 0 amide bonds. The van der Waals surface area contributed by atoms with Gasteiger partial charge in [0.05, 0.1) is 11.4 Å². The van der Waals surface area contributed by atoms with Crippen LogP contribution >= 0.6 is 0 Å². The Morgan fingerprint density at radius 2 is 0.922 bits per heavy atom. The first-order valence-electron chi connectivity index (χ1n) is 17.2. The van der Waals surface area contributed by atoms with Gasteiger partial charge in [0, 0.05) is 40.3 Å². The van der Waals surface area contributed by atoms with Crippen molar-refractivity contribution in [1.29, 1.82) is 0 Å². The van der Waals surface area contributed by atoms with Crippen molar-refractivity contribution < 1.29 is 4.74 Å². The van der Waals surface area contributed by atoms with Gasteiger partial charge in [-0.05, 0) is 57.1 Å². The third-order valence-corrected chi connectivity index (χ3v) is 14.5. The summed E-state index contributed by atoms with van der Waals surface area (Å²) in [5.41, 5.74) is 7.28. The molecule has 0 fully saturated rings. The van der Waals surface area contributed by atoms with E-state index in [9.17, 15) is 0 Å². The van der Waals surface area contributed by atoms with E-state index in [1.807, 2.05) is 48.5 Å². The van der Waals surface area contributed by atoms with E-state index in [-0.39, 0.29) is 0 Å². The minimum absolute atomic E-state index is 0.491. The number of hydrogen-bond acceptors (Lipinski definition) is 4. The molecule has 2 aromatic heterocycles. The molecular weight excluding hydrogens is 639 g/mol. The van der Waals surface area contributed by atoms with Gasteiger partial charge in [-0.2, -0.15) is 0 Å². The second-order valence-corrected chi connectivity index (χ2v) is 16.3. The molecule has 0 N–H and O–H groups in total. The van der Waals surface area contributed by atoms with Gasteiger partial charge in [0.25, 0.3) is 0 Å². The van der Waals surface area contributed by atoms with Gasteiger partial charge in [-0.1, -0.05) is 152 Å². The first-order chi connectivity index (χ1) is 25.3. The minimum Gasteiger partial charge on any atom is -0.421 e. The summed E-state index contributed by atoms with van der Waals surface area (Å²) in [6.45, 7) is 0. The molecule has 0 unspecified atom stereocenters. The fraction of sp³-hybridized carbons (Fsp3) is 0. The zero-order valence-corrected chi connectivity index (χ0v) is 28.8. The lowest BCUT2D eigenvalue weighted by Crippen LogP contribution is -2.77. The summed E-state index contributed by atoms with van der Waals surface area (Å²) in [7, 11) is -2.95. The highest BCUT2D eigenvalue weighted by atomic mass is 28.3. The Kier molecular flexibility index (Phi) is 7.80. The normalized spacial score (nSPS) is 12.8. The SMILES string of the molecule is c1ccc(-c2cccc(Oc3cccc(-c4cccc5c4[Si](c4ccccc4)(c4ccccc4)c4ccccc4N5c4ccccc4)n3)n2)cc1. The van der Waals surface area contributed by atoms with Crippen molar-refractivity contribution in [3.63, 3.8) is 0 Å². The minimum atomic E-state index is -2.95. The van der Waals surface area contributed by atoms with E-state index in [1.54, 1.807) is 0 Å². The highest BCUT2D eigenvalue weighted by Crippen LogP contribution is 2.40. The molecule has 8 aromatic rings. The number of hydrogen-bond donors (Lipinski definition) is 0. The van der Waals surface area contributed by atoms with E-state index in [0.717, 1.165) is 33.9 Å². The van der Waals surface area contributed by atoms with Crippen LogP contribution in [0.5, 0.6) is 11.8 Å². The largest absolute Gasteiger partial charge is 0.421 e. The summed E-state index contributed by atoms with van der Waals surface area (Å²) in [4.78, 5) is 12.4. The molecule has 0 bridgehead atoms. The Labute approximate surface area is 299 Å². The van der Waals surface area contributed by atoms with Gasteiger partial charge in [-0.3, -0.25) is 0 Å². The molecule has 1 aliphatic rings. The summed E-state index contributed by atoms with van der Waals surface area (Å²) in [5, 5.41) is 5.26. The molecule has 242 valence electrons. The van der Waals surface area contributed by atoms with Gasteiger partial charge in [0.2, 0.25) is 11.8 Å². The molecule has 4 nitrogen and oxygen atoms in total. The second-order valence-electron chi connectivity index (χ2n) is 12.6. The van der Waals surface area contributed by atoms with Crippen LogP contribution in [-0.2, 0) is 0 Å². The molecule has 3 heterocycles. The number of nitrogens with zero attached hydrogens (tertiary/aromatic N) is 3. The smallest absolute Gasteiger partial charge is 0.221 e. The van der Waals surface area contributed by atoms with Crippen LogP contribution in [0.15, 0.2) is 200 Å². The zero-order valence-electron chi connectivity index (χ0n) is 27.8. The van der Waals surface area contributed by atoms with Crippen LogP contribution in [0, 0.1) is 0 Å². The number of pyridine rings is 2. The fourth-order valence-corrected chi connectivity index (χ4v) is 12.9. The van der Waals surface area contributed by atoms with Crippen molar-refractivity contribution in [1.82, 2.24) is 9.97 Å². The Morgan fingerprint density at radius 3 is 1.59 bits per heavy atom. The van der Waals surface area contributed by atoms with Crippen molar-refractivity contribution in [2.45, 2.75) is 0 Å². The van der Waals surface area contributed by atoms with Crippen molar-refractivity contribution in [3.05, 3.63) is 200 Å². The number of rotatable bonds is 7. The molecule has 0 saturated heterocycles. The average molecular weight is 672 g/mol. The topological polar surface area (TPSA) is 38.2 Å². The summed E-state index contributed by atoms with van der Waals surface area (Å²) in [5.74, 6) is 0.989. The van der Waals surface area contributed by atoms with E-state index in [4.69, 9.17) is 14.7 Å². The standard InChI is InChI=1S/C46H33N3OSi/c1-5-18-34(19-6-1)39-27-16-32-44(47-39)50-45-33-17-28-40(48-45)38-26-15-30-42-46(38)51(36-22-9-3-10-23-36,37-24-11-4-12-25-37)43-31-14-13-29-41(43)49(42)35-20-7-2-8-21-35/h1-33H. The Hall–Kier alpha value is -6.56. The van der Waals surface area contributed by atoms with E-state index >= 15 is 0 Å². The van der Waals surface area contributed by atoms with Crippen LogP contribution < -0.4 is 30.4 Å². The molecular formula is C46H33N3OSi. The number of anilines is 3. The van der Waals surface area contributed by atoms with Gasteiger partial charge in [-0.15, -0.1) is 0 Å². The molecule has 0 saturated carbocycles. The number of benzene rings is 6. The molecule has 51 heavy (non-hydrogen) atoms. The number of fused-ring (bicyclic) bond motifs is 2. The van der Waals surface area contributed by atoms with Crippen LogP contribution in [-0.4, -0.2) is 18.0 Å². The van der Waals surface area contributed by atoms with Crippen LogP contribution in [0.1, 0.15) is 0 Å². The Morgan fingerprint density at radius 1 is 0.412 bits per heavy atom. The van der Waals surface area contributed by atoms with Crippen LogP contribution in [0.2, 0.25) is 0 Å². The van der Waals surface area contributed by atoms with Crippen molar-refractivity contribution >= 4 is 45.9 Å². The predicted octanol–water partition coefficient (Wildman–Crippen LogP) is 8.76. The molecule has 9 rings (SSSR count). The molecule has 0 radical (unpaired) electrons. The molecule has 6 aromatic carbocycles. The van der Waals surface area contributed by atoms with Crippen molar-refractivity contribution in [2.75, 3.05) is 4.90 Å². The quantitative estimate of drug-likeness (QED) is 0.159. The van der Waals surface area contributed by atoms with E-state index in [0.29, 0.717) is 11.8 Å². The van der Waals surface area contributed by atoms with Crippen molar-refractivity contribution in [3.8, 4) is 34.3 Å². The average Bonchev–Trinajstić information content (AvgIpc) is 3.21. The zero-order chi connectivity index (χ0) is 34.0. The summed E-state index contributed by atoms with van der Waals surface area (Å²) >= 11 is 0. The lowest BCUT2D eigenvalue weighted by Gasteiger charge is -2.46. The van der Waals surface area contributed by atoms with E-state index in [2.05, 4.69) is 157 Å². The Balaban J connectivity index is 1.28. The highest BCUT2D eigenvalue weighted by Gasteiger charge is 2.50. The third-order valence-electron chi connectivity index (χ3n) is 9.64. The summed E-state index contributed by atoms with van der Waals surface area (Å²) in [6, 6.07) is 70.5. The third kappa shape index (κ3) is 5.32. The number of aromatic nitrogens is 2. The molecule has 0 spiro atoms. The van der Waals surface area contributed by atoms with Crippen LogP contribution in [0.4, 0.5) is 17.1 Å². The van der Waals surface area contributed by atoms with Crippen LogP contribution in [0.25, 0.3) is 22.5 Å².